The van der Waals surface area contributed by atoms with E-state index >= 15 is 0 Å². The van der Waals surface area contributed by atoms with Gasteiger partial charge >= 0.3 is 0 Å². The number of aromatic nitrogens is 4. The van der Waals surface area contributed by atoms with Gasteiger partial charge in [0.05, 0.1) is 17.8 Å². The summed E-state index contributed by atoms with van der Waals surface area (Å²) >= 11 is 3.35. The van der Waals surface area contributed by atoms with Gasteiger partial charge in [0.25, 0.3) is 5.91 Å². The van der Waals surface area contributed by atoms with Crippen molar-refractivity contribution in [2.24, 2.45) is 7.05 Å². The lowest BCUT2D eigenvalue weighted by atomic mass is 10.1. The van der Waals surface area contributed by atoms with Crippen LogP contribution in [0, 0.1) is 0 Å². The first kappa shape index (κ1) is 16.7. The number of carbonyl (C=O) groups excluding carboxylic acids is 1. The average molecular weight is 395 g/mol. The summed E-state index contributed by atoms with van der Waals surface area (Å²) in [7, 11) is 3.33. The molecule has 1 amide bonds. The monoisotopic (exact) mass is 394 g/mol. The molecule has 2 aromatic heterocycles. The molecular weight excluding hydrogens is 376 g/mol. The highest BCUT2D eigenvalue weighted by molar-refractivity contribution is 9.10. The zero-order chi connectivity index (χ0) is 17.1. The van der Waals surface area contributed by atoms with Crippen LogP contribution in [0.5, 0.6) is 5.88 Å². The Hall–Kier alpha value is -2.16. The minimum Gasteiger partial charge on any atom is -0.480 e. The highest BCUT2D eigenvalue weighted by atomic mass is 79.9. The van der Waals surface area contributed by atoms with E-state index in [9.17, 15) is 4.79 Å². The topological polar surface area (TPSA) is 85.2 Å². The molecule has 128 valence electrons. The molecule has 9 heteroatoms. The van der Waals surface area contributed by atoms with Gasteiger partial charge in [-0.25, -0.2) is 4.98 Å². The lowest BCUT2D eigenvalue weighted by molar-refractivity contribution is 0.0923. The number of anilines is 1. The van der Waals surface area contributed by atoms with Gasteiger partial charge in [-0.15, -0.1) is 0 Å². The third-order valence-corrected chi connectivity index (χ3v) is 4.53. The maximum atomic E-state index is 12.3. The third-order valence-electron chi connectivity index (χ3n) is 3.99. The molecule has 3 rings (SSSR count). The number of aryl methyl sites for hydroxylation is 1. The van der Waals surface area contributed by atoms with E-state index in [4.69, 9.17) is 4.74 Å². The molecule has 24 heavy (non-hydrogen) atoms. The Bertz CT molecular complexity index is 735. The minimum absolute atomic E-state index is 0.0411. The molecule has 0 saturated carbocycles. The van der Waals surface area contributed by atoms with E-state index in [2.05, 4.69) is 41.2 Å². The largest absolute Gasteiger partial charge is 0.480 e. The first-order valence-corrected chi connectivity index (χ1v) is 8.48. The quantitative estimate of drug-likeness (QED) is 0.842. The van der Waals surface area contributed by atoms with Crippen LogP contribution < -0.4 is 15.0 Å². The van der Waals surface area contributed by atoms with E-state index in [0.717, 1.165) is 19.4 Å². The maximum absolute atomic E-state index is 12.3. The van der Waals surface area contributed by atoms with Crippen molar-refractivity contribution in [3.05, 3.63) is 28.6 Å². The fourth-order valence-corrected chi connectivity index (χ4v) is 3.12. The summed E-state index contributed by atoms with van der Waals surface area (Å²) in [6.07, 6.45) is 5.18. The molecule has 1 unspecified atom stereocenters. The first-order valence-electron chi connectivity index (χ1n) is 7.69. The summed E-state index contributed by atoms with van der Waals surface area (Å²) in [5.74, 6) is 0.992. The zero-order valence-corrected chi connectivity index (χ0v) is 15.2. The van der Waals surface area contributed by atoms with Crippen molar-refractivity contribution >= 4 is 27.8 Å². The van der Waals surface area contributed by atoms with Gasteiger partial charge in [-0.05, 0) is 34.8 Å². The predicted octanol–water partition coefficient (Wildman–Crippen LogP) is 1.38. The van der Waals surface area contributed by atoms with Crippen LogP contribution in [-0.4, -0.2) is 51.9 Å². The molecule has 2 aromatic rings. The smallest absolute Gasteiger partial charge is 0.269 e. The van der Waals surface area contributed by atoms with Crippen LogP contribution >= 0.6 is 15.9 Å². The highest BCUT2D eigenvalue weighted by Gasteiger charge is 2.24. The summed E-state index contributed by atoms with van der Waals surface area (Å²) in [6, 6.07) is 1.75. The molecule has 0 aromatic carbocycles. The number of amides is 1. The van der Waals surface area contributed by atoms with Crippen molar-refractivity contribution in [1.29, 1.82) is 0 Å². The number of halogens is 1. The molecule has 1 aliphatic rings. The fraction of sp³-hybridized carbons (Fsp3) is 0.467. The number of hydrogen-bond acceptors (Lipinski definition) is 6. The average Bonchev–Trinajstić information content (AvgIpc) is 3.01. The number of rotatable bonds is 4. The summed E-state index contributed by atoms with van der Waals surface area (Å²) in [5.41, 5.74) is 0.550. The predicted molar refractivity (Wildman–Crippen MR) is 92.2 cm³/mol. The lowest BCUT2D eigenvalue weighted by Gasteiger charge is -2.33. The van der Waals surface area contributed by atoms with Crippen LogP contribution in [0.1, 0.15) is 23.3 Å². The second-order valence-corrected chi connectivity index (χ2v) is 6.48. The summed E-state index contributed by atoms with van der Waals surface area (Å²) < 4.78 is 7.51. The normalized spacial score (nSPS) is 17.6. The van der Waals surface area contributed by atoms with Crippen molar-refractivity contribution in [3.8, 4) is 5.88 Å². The van der Waals surface area contributed by atoms with Gasteiger partial charge in [0.2, 0.25) is 11.8 Å². The Kier molecular flexibility index (Phi) is 4.98. The second-order valence-electron chi connectivity index (χ2n) is 5.63. The van der Waals surface area contributed by atoms with Gasteiger partial charge in [0, 0.05) is 32.4 Å². The third kappa shape index (κ3) is 3.50. The van der Waals surface area contributed by atoms with Crippen molar-refractivity contribution in [2.45, 2.75) is 18.9 Å². The molecule has 0 aliphatic carbocycles. The minimum atomic E-state index is -0.115. The molecule has 0 radical (unpaired) electrons. The van der Waals surface area contributed by atoms with Crippen LogP contribution in [0.4, 0.5) is 5.95 Å². The van der Waals surface area contributed by atoms with Crippen LogP contribution in [0.3, 0.4) is 0 Å². The number of ether oxygens (including phenoxy) is 1. The zero-order valence-electron chi connectivity index (χ0n) is 13.6. The summed E-state index contributed by atoms with van der Waals surface area (Å²) in [5, 5.41) is 7.09. The Morgan fingerprint density at radius 1 is 1.50 bits per heavy atom. The van der Waals surface area contributed by atoms with Gasteiger partial charge < -0.3 is 15.0 Å². The van der Waals surface area contributed by atoms with Crippen molar-refractivity contribution in [1.82, 2.24) is 25.1 Å². The lowest BCUT2D eigenvalue weighted by Crippen LogP contribution is -2.48. The van der Waals surface area contributed by atoms with E-state index in [1.54, 1.807) is 37.3 Å². The number of carbonyl (C=O) groups is 1. The van der Waals surface area contributed by atoms with E-state index < -0.39 is 0 Å². The van der Waals surface area contributed by atoms with Gasteiger partial charge in [-0.2, -0.15) is 10.1 Å². The Morgan fingerprint density at radius 3 is 3.04 bits per heavy atom. The van der Waals surface area contributed by atoms with Gasteiger partial charge in [0.15, 0.2) is 0 Å². The number of nitrogens with one attached hydrogen (secondary N) is 1. The summed E-state index contributed by atoms with van der Waals surface area (Å²) in [4.78, 5) is 23.2. The van der Waals surface area contributed by atoms with E-state index in [0.29, 0.717) is 28.5 Å². The molecule has 1 atom stereocenters. The first-order chi connectivity index (χ1) is 11.6. The number of piperidine rings is 1. The van der Waals surface area contributed by atoms with E-state index in [-0.39, 0.29) is 11.9 Å². The van der Waals surface area contributed by atoms with Crippen molar-refractivity contribution < 1.29 is 9.53 Å². The van der Waals surface area contributed by atoms with Crippen molar-refractivity contribution in [2.75, 3.05) is 25.1 Å². The summed E-state index contributed by atoms with van der Waals surface area (Å²) in [6.45, 7) is 1.51. The molecular formula is C15H19BrN6O2. The fourth-order valence-electron chi connectivity index (χ4n) is 2.77. The van der Waals surface area contributed by atoms with Crippen LogP contribution in [0.2, 0.25) is 0 Å². The Morgan fingerprint density at radius 2 is 2.33 bits per heavy atom. The number of methoxy groups -OCH3 is 1. The molecule has 1 N–H and O–H groups in total. The van der Waals surface area contributed by atoms with Crippen LogP contribution in [0.25, 0.3) is 0 Å². The van der Waals surface area contributed by atoms with Crippen LogP contribution in [0.15, 0.2) is 22.9 Å². The molecule has 0 bridgehead atoms. The molecule has 3 heterocycles. The van der Waals surface area contributed by atoms with Crippen molar-refractivity contribution in [3.63, 3.8) is 0 Å². The molecule has 1 saturated heterocycles. The molecule has 1 aliphatic heterocycles. The van der Waals surface area contributed by atoms with Gasteiger partial charge in [0.1, 0.15) is 5.69 Å². The highest BCUT2D eigenvalue weighted by Crippen LogP contribution is 2.25. The van der Waals surface area contributed by atoms with Crippen LogP contribution in [-0.2, 0) is 7.05 Å². The number of hydrogen-bond donors (Lipinski definition) is 1. The molecule has 1 fully saturated rings. The maximum Gasteiger partial charge on any atom is 0.269 e. The van der Waals surface area contributed by atoms with Gasteiger partial charge in [-0.1, -0.05) is 0 Å². The molecule has 0 spiro atoms. The number of nitrogens with zero attached hydrogens (tertiary/aromatic N) is 5. The molecule has 8 nitrogen and oxygen atoms in total. The van der Waals surface area contributed by atoms with E-state index in [1.807, 2.05) is 0 Å². The SMILES string of the molecule is COc1nc(N2CCCC(NC(=O)c3ccnn3C)C2)ncc1Br. The Labute approximate surface area is 148 Å². The Balaban J connectivity index is 1.68. The van der Waals surface area contributed by atoms with E-state index in [1.165, 1.54) is 0 Å². The standard InChI is InChI=1S/C15H19BrN6O2/c1-21-12(5-6-18-21)13(23)19-10-4-3-7-22(9-10)15-17-8-11(16)14(20-15)24-2/h5-6,8,10H,3-4,7,9H2,1-2H3,(H,19,23). The second kappa shape index (κ2) is 7.16. The van der Waals surface area contributed by atoms with Gasteiger partial charge in [-0.3, -0.25) is 9.48 Å².